The van der Waals surface area contributed by atoms with Gasteiger partial charge >= 0.3 is 0 Å². The largest absolute Gasteiger partial charge is 0.496 e. The van der Waals surface area contributed by atoms with E-state index in [2.05, 4.69) is 6.07 Å². The smallest absolute Gasteiger partial charge is 0.266 e. The summed E-state index contributed by atoms with van der Waals surface area (Å²) in [5.41, 5.74) is 4.62. The number of carbonyl (C=O) groups excluding carboxylic acids is 1. The molecule has 1 saturated carbocycles. The van der Waals surface area contributed by atoms with Gasteiger partial charge in [-0.1, -0.05) is 42.5 Å². The van der Waals surface area contributed by atoms with Crippen molar-refractivity contribution in [1.29, 1.82) is 0 Å². The second-order valence-electron chi connectivity index (χ2n) is 8.38. The molecule has 4 aromatic rings. The molecular formula is C27H24N2O3S. The van der Waals surface area contributed by atoms with E-state index in [1.807, 2.05) is 41.8 Å². The van der Waals surface area contributed by atoms with Gasteiger partial charge in [-0.25, -0.2) is 4.98 Å². The molecule has 0 aliphatic heterocycles. The van der Waals surface area contributed by atoms with Crippen LogP contribution in [0.25, 0.3) is 28.2 Å². The highest BCUT2D eigenvalue weighted by molar-refractivity contribution is 7.15. The number of benzene rings is 2. The zero-order valence-electron chi connectivity index (χ0n) is 18.6. The lowest BCUT2D eigenvalue weighted by molar-refractivity contribution is 0.101. The quantitative estimate of drug-likeness (QED) is 0.332. The van der Waals surface area contributed by atoms with E-state index >= 15 is 0 Å². The zero-order valence-corrected chi connectivity index (χ0v) is 19.4. The fraction of sp³-hybridized carbons (Fsp3) is 0.222. The molecule has 0 saturated heterocycles. The summed E-state index contributed by atoms with van der Waals surface area (Å²) in [6.07, 6.45) is 9.19. The van der Waals surface area contributed by atoms with Gasteiger partial charge in [0.2, 0.25) is 0 Å². The zero-order chi connectivity index (χ0) is 22.9. The molecule has 0 N–H and O–H groups in total. The Morgan fingerprint density at radius 1 is 1.18 bits per heavy atom. The number of ether oxygens (including phenoxy) is 1. The van der Waals surface area contributed by atoms with Crippen molar-refractivity contribution in [2.45, 2.75) is 26.2 Å². The summed E-state index contributed by atoms with van der Waals surface area (Å²) in [7, 11) is 1.70. The molecule has 5 nitrogen and oxygen atoms in total. The number of Topliss-reactive ketones (excluding diaryl/α,β-unsaturated/α-hetero) is 1. The first-order valence-corrected chi connectivity index (χ1v) is 11.9. The molecule has 2 aromatic carbocycles. The van der Waals surface area contributed by atoms with E-state index in [0.29, 0.717) is 27.7 Å². The van der Waals surface area contributed by atoms with Gasteiger partial charge in [0, 0.05) is 22.7 Å². The summed E-state index contributed by atoms with van der Waals surface area (Å²) in [6, 6.07) is 13.2. The van der Waals surface area contributed by atoms with Crippen LogP contribution in [-0.2, 0) is 6.42 Å². The standard InChI is InChI=1S/C27H24N2O3S/c1-17(30)19-8-10-21(11-9-19)25-23(28-27-29(26(25)31)14-15-33-27)13-12-20-4-3-5-24(32-2)22(20)16-18-6-7-18/h3-5,8-15,18H,6-7,16H2,1-2H3/b13-12+. The molecule has 0 radical (unpaired) electrons. The molecular weight excluding hydrogens is 432 g/mol. The average molecular weight is 457 g/mol. The van der Waals surface area contributed by atoms with Crippen molar-refractivity contribution in [3.05, 3.63) is 86.8 Å². The van der Waals surface area contributed by atoms with Crippen LogP contribution in [0.15, 0.2) is 58.8 Å². The maximum atomic E-state index is 13.4. The predicted octanol–water partition coefficient (Wildman–Crippen LogP) is 5.76. The van der Waals surface area contributed by atoms with Crippen molar-refractivity contribution in [3.63, 3.8) is 0 Å². The Morgan fingerprint density at radius 2 is 1.97 bits per heavy atom. The maximum absolute atomic E-state index is 13.4. The van der Waals surface area contributed by atoms with E-state index in [4.69, 9.17) is 9.72 Å². The lowest BCUT2D eigenvalue weighted by Gasteiger charge is -2.12. The second kappa shape index (κ2) is 8.79. The van der Waals surface area contributed by atoms with E-state index in [1.54, 1.807) is 29.8 Å². The number of carbonyl (C=O) groups is 1. The van der Waals surface area contributed by atoms with E-state index in [9.17, 15) is 9.59 Å². The Labute approximate surface area is 196 Å². The van der Waals surface area contributed by atoms with Crippen LogP contribution in [0.2, 0.25) is 0 Å². The third-order valence-corrected chi connectivity index (χ3v) is 6.83. The van der Waals surface area contributed by atoms with E-state index < -0.39 is 0 Å². The summed E-state index contributed by atoms with van der Waals surface area (Å²) in [4.78, 5) is 30.5. The molecule has 166 valence electrons. The molecule has 0 spiro atoms. The molecule has 0 amide bonds. The molecule has 2 heterocycles. The summed E-state index contributed by atoms with van der Waals surface area (Å²) in [6.45, 7) is 1.53. The number of ketones is 1. The number of rotatable bonds is 7. The average Bonchev–Trinajstić information content (AvgIpc) is 3.51. The van der Waals surface area contributed by atoms with Crippen LogP contribution in [-0.4, -0.2) is 22.3 Å². The van der Waals surface area contributed by atoms with Gasteiger partial charge in [-0.15, -0.1) is 11.3 Å². The summed E-state index contributed by atoms with van der Waals surface area (Å²) < 4.78 is 7.20. The summed E-state index contributed by atoms with van der Waals surface area (Å²) >= 11 is 1.43. The van der Waals surface area contributed by atoms with E-state index in [1.165, 1.54) is 36.7 Å². The molecule has 33 heavy (non-hydrogen) atoms. The number of hydrogen-bond donors (Lipinski definition) is 0. The minimum atomic E-state index is -0.125. The topological polar surface area (TPSA) is 60.7 Å². The minimum Gasteiger partial charge on any atom is -0.496 e. The highest BCUT2D eigenvalue weighted by atomic mass is 32.1. The monoisotopic (exact) mass is 456 g/mol. The normalized spacial score (nSPS) is 13.6. The van der Waals surface area contributed by atoms with Crippen molar-refractivity contribution in [3.8, 4) is 16.9 Å². The lowest BCUT2D eigenvalue weighted by Crippen LogP contribution is -2.17. The van der Waals surface area contributed by atoms with Crippen LogP contribution in [0.1, 0.15) is 46.9 Å². The summed E-state index contributed by atoms with van der Waals surface area (Å²) in [5.74, 6) is 1.60. The molecule has 2 aromatic heterocycles. The highest BCUT2D eigenvalue weighted by Crippen LogP contribution is 2.37. The van der Waals surface area contributed by atoms with Crippen LogP contribution in [0.3, 0.4) is 0 Å². The van der Waals surface area contributed by atoms with Crippen LogP contribution < -0.4 is 10.3 Å². The first kappa shape index (κ1) is 21.3. The first-order valence-electron chi connectivity index (χ1n) is 11.0. The summed E-state index contributed by atoms with van der Waals surface area (Å²) in [5, 5.41) is 1.86. The molecule has 1 fully saturated rings. The van der Waals surface area contributed by atoms with Crippen LogP contribution in [0.4, 0.5) is 0 Å². The molecule has 1 aliphatic carbocycles. The first-order chi connectivity index (χ1) is 16.0. The Balaban J connectivity index is 1.63. The number of nitrogens with zero attached hydrogens (tertiary/aromatic N) is 2. The van der Waals surface area contributed by atoms with E-state index in [-0.39, 0.29) is 11.3 Å². The molecule has 0 atom stereocenters. The Morgan fingerprint density at radius 3 is 2.67 bits per heavy atom. The van der Waals surface area contributed by atoms with Crippen LogP contribution in [0, 0.1) is 5.92 Å². The van der Waals surface area contributed by atoms with Crippen molar-refractivity contribution in [2.75, 3.05) is 7.11 Å². The Kier molecular flexibility index (Phi) is 5.68. The van der Waals surface area contributed by atoms with Gasteiger partial charge in [0.05, 0.1) is 18.4 Å². The van der Waals surface area contributed by atoms with Gasteiger partial charge in [0.15, 0.2) is 10.7 Å². The fourth-order valence-corrected chi connectivity index (χ4v) is 4.80. The predicted molar refractivity (Wildman–Crippen MR) is 133 cm³/mol. The van der Waals surface area contributed by atoms with Crippen LogP contribution in [0.5, 0.6) is 5.75 Å². The lowest BCUT2D eigenvalue weighted by atomic mass is 9.98. The Hall–Kier alpha value is -3.51. The number of aromatic nitrogens is 2. The van der Waals surface area contributed by atoms with Gasteiger partial charge in [0.25, 0.3) is 5.56 Å². The molecule has 6 heteroatoms. The Bertz CT molecular complexity index is 1430. The molecule has 1 aliphatic rings. The third kappa shape index (κ3) is 4.26. The SMILES string of the molecule is COc1cccc(/C=C/c2nc3sccn3c(=O)c2-c2ccc(C(C)=O)cc2)c1CC1CC1. The van der Waals surface area contributed by atoms with E-state index in [0.717, 1.165) is 23.3 Å². The van der Waals surface area contributed by atoms with Gasteiger partial charge in [-0.2, -0.15) is 0 Å². The highest BCUT2D eigenvalue weighted by Gasteiger charge is 2.24. The second-order valence-corrected chi connectivity index (χ2v) is 9.25. The van der Waals surface area contributed by atoms with Gasteiger partial charge in [-0.05, 0) is 55.4 Å². The molecule has 0 bridgehead atoms. The van der Waals surface area contributed by atoms with Gasteiger partial charge in [-0.3, -0.25) is 14.0 Å². The number of thiazole rings is 1. The fourth-order valence-electron chi connectivity index (χ4n) is 4.09. The van der Waals surface area contributed by atoms with Gasteiger partial charge < -0.3 is 4.74 Å². The van der Waals surface area contributed by atoms with Gasteiger partial charge in [0.1, 0.15) is 5.75 Å². The molecule has 0 unspecified atom stereocenters. The molecule has 5 rings (SSSR count). The third-order valence-electron chi connectivity index (χ3n) is 6.07. The van der Waals surface area contributed by atoms with Crippen LogP contribution >= 0.6 is 11.3 Å². The van der Waals surface area contributed by atoms with Crippen molar-refractivity contribution in [2.24, 2.45) is 5.92 Å². The van der Waals surface area contributed by atoms with Crippen molar-refractivity contribution in [1.82, 2.24) is 9.38 Å². The van der Waals surface area contributed by atoms with Crippen molar-refractivity contribution < 1.29 is 9.53 Å². The number of hydrogen-bond acceptors (Lipinski definition) is 5. The van der Waals surface area contributed by atoms with Crippen molar-refractivity contribution >= 4 is 34.2 Å². The maximum Gasteiger partial charge on any atom is 0.266 e. The number of fused-ring (bicyclic) bond motifs is 1. The minimum absolute atomic E-state index is 0.00831. The number of methoxy groups -OCH3 is 1.